The Bertz CT molecular complexity index is 540. The van der Waals surface area contributed by atoms with Gasteiger partial charge >= 0.3 is 5.97 Å². The first-order valence-corrected chi connectivity index (χ1v) is 7.12. The number of fused-ring (bicyclic) bond motifs is 1. The third-order valence-corrected chi connectivity index (χ3v) is 4.15. The van der Waals surface area contributed by atoms with Crippen LogP contribution in [0, 0.1) is 5.82 Å². The molecule has 4 heteroatoms. The van der Waals surface area contributed by atoms with Gasteiger partial charge in [-0.15, -0.1) is 0 Å². The van der Waals surface area contributed by atoms with Gasteiger partial charge in [-0.05, 0) is 50.3 Å². The highest BCUT2D eigenvalue weighted by atomic mass is 19.1. The first-order valence-electron chi connectivity index (χ1n) is 7.12. The van der Waals surface area contributed by atoms with E-state index in [1.165, 1.54) is 12.1 Å². The molecular weight excluding hydrogens is 257 g/mol. The minimum Gasteiger partial charge on any atom is -0.478 e. The zero-order valence-electron chi connectivity index (χ0n) is 12.5. The number of carboxylic acid groups (broad SMARTS) is 1. The van der Waals surface area contributed by atoms with Crippen LogP contribution in [0.15, 0.2) is 12.1 Å². The van der Waals surface area contributed by atoms with Crippen molar-refractivity contribution in [1.82, 2.24) is 0 Å². The highest BCUT2D eigenvalue weighted by Crippen LogP contribution is 2.44. The summed E-state index contributed by atoms with van der Waals surface area (Å²) in [6.45, 7) is 9.33. The summed E-state index contributed by atoms with van der Waals surface area (Å²) in [5.41, 5.74) is 1.51. The van der Waals surface area contributed by atoms with E-state index in [2.05, 4.69) is 32.6 Å². The molecule has 110 valence electrons. The van der Waals surface area contributed by atoms with Crippen molar-refractivity contribution in [2.24, 2.45) is 0 Å². The van der Waals surface area contributed by atoms with E-state index in [0.717, 1.165) is 30.6 Å². The van der Waals surface area contributed by atoms with Crippen LogP contribution in [0.5, 0.6) is 0 Å². The first-order chi connectivity index (χ1) is 9.27. The van der Waals surface area contributed by atoms with Crippen LogP contribution in [0.1, 0.15) is 62.4 Å². The summed E-state index contributed by atoms with van der Waals surface area (Å²) in [6.07, 6.45) is 1.91. The van der Waals surface area contributed by atoms with Crippen molar-refractivity contribution in [3.05, 3.63) is 29.1 Å². The molecule has 1 aliphatic rings. The molecule has 0 amide bonds. The minimum absolute atomic E-state index is 0.0421. The summed E-state index contributed by atoms with van der Waals surface area (Å²) in [5.74, 6) is -1.63. The molecule has 1 heterocycles. The molecule has 0 fully saturated rings. The van der Waals surface area contributed by atoms with Gasteiger partial charge in [0.2, 0.25) is 0 Å². The van der Waals surface area contributed by atoms with Crippen LogP contribution in [-0.4, -0.2) is 23.2 Å². The molecule has 1 aromatic rings. The number of carboxylic acids is 1. The third-order valence-electron chi connectivity index (χ3n) is 4.15. The molecule has 0 aromatic heterocycles. The maximum absolute atomic E-state index is 14.0. The highest BCUT2D eigenvalue weighted by Gasteiger charge is 2.36. The lowest BCUT2D eigenvalue weighted by atomic mass is 9.79. The fourth-order valence-corrected chi connectivity index (χ4v) is 3.31. The molecule has 1 atom stereocenters. The second-order valence-corrected chi connectivity index (χ2v) is 6.27. The molecule has 1 N–H and O–H groups in total. The van der Waals surface area contributed by atoms with Crippen LogP contribution in [-0.2, 0) is 0 Å². The zero-order valence-corrected chi connectivity index (χ0v) is 12.5. The van der Waals surface area contributed by atoms with E-state index in [0.29, 0.717) is 0 Å². The van der Waals surface area contributed by atoms with Gasteiger partial charge in [-0.1, -0.05) is 13.8 Å². The molecule has 0 unspecified atom stereocenters. The van der Waals surface area contributed by atoms with Crippen LogP contribution in [0.2, 0.25) is 0 Å². The number of carbonyl (C=O) groups is 1. The summed E-state index contributed by atoms with van der Waals surface area (Å²) in [6, 6.07) is 2.90. The fraction of sp³-hybridized carbons (Fsp3) is 0.562. The molecule has 20 heavy (non-hydrogen) atoms. The fourth-order valence-electron chi connectivity index (χ4n) is 3.31. The largest absolute Gasteiger partial charge is 0.478 e. The number of anilines is 1. The quantitative estimate of drug-likeness (QED) is 0.908. The van der Waals surface area contributed by atoms with E-state index in [-0.39, 0.29) is 17.0 Å². The van der Waals surface area contributed by atoms with Crippen molar-refractivity contribution >= 4 is 11.7 Å². The van der Waals surface area contributed by atoms with Gasteiger partial charge in [0.05, 0.1) is 5.56 Å². The summed E-state index contributed by atoms with van der Waals surface area (Å²) < 4.78 is 14.0. The van der Waals surface area contributed by atoms with Crippen molar-refractivity contribution in [3.8, 4) is 0 Å². The van der Waals surface area contributed by atoms with Gasteiger partial charge in [-0.3, -0.25) is 0 Å². The average molecular weight is 279 g/mol. The van der Waals surface area contributed by atoms with E-state index < -0.39 is 11.8 Å². The Balaban J connectivity index is 2.60. The lowest BCUT2D eigenvalue weighted by Crippen LogP contribution is -2.48. The number of rotatable bonds is 3. The molecule has 1 aromatic carbocycles. The third kappa shape index (κ3) is 2.39. The lowest BCUT2D eigenvalue weighted by Gasteiger charge is -2.47. The topological polar surface area (TPSA) is 40.5 Å². The number of benzene rings is 1. The Morgan fingerprint density at radius 2 is 2.15 bits per heavy atom. The molecule has 2 rings (SSSR count). The Morgan fingerprint density at radius 3 is 2.70 bits per heavy atom. The Hall–Kier alpha value is -1.58. The lowest BCUT2D eigenvalue weighted by molar-refractivity contribution is 0.0691. The molecule has 0 spiro atoms. The zero-order chi connectivity index (χ0) is 15.1. The molecule has 0 radical (unpaired) electrons. The number of nitrogens with zero attached hydrogens (tertiary/aromatic N) is 1. The highest BCUT2D eigenvalue weighted by molar-refractivity contribution is 5.89. The smallest absolute Gasteiger partial charge is 0.338 e. The van der Waals surface area contributed by atoms with E-state index in [1.807, 2.05) is 0 Å². The second kappa shape index (κ2) is 5.08. The predicted molar refractivity (Wildman–Crippen MR) is 78.1 cm³/mol. The normalized spacial score (nSPS) is 20.6. The molecule has 0 saturated carbocycles. The standard InChI is InChI=1S/C16H22FNO2/c1-5-6-18-14-8-13(17)12(15(19)20)7-11(14)10(2)9-16(18,3)4/h7-8,10H,5-6,9H2,1-4H3,(H,19,20)/t10-/m1/s1. The SMILES string of the molecule is CCCN1c2cc(F)c(C(=O)O)cc2[C@H](C)CC1(C)C. The molecule has 0 aliphatic carbocycles. The maximum atomic E-state index is 14.0. The van der Waals surface area contributed by atoms with Crippen LogP contribution in [0.4, 0.5) is 10.1 Å². The monoisotopic (exact) mass is 279 g/mol. The van der Waals surface area contributed by atoms with Gasteiger partial charge in [0, 0.05) is 17.8 Å². The number of hydrogen-bond donors (Lipinski definition) is 1. The van der Waals surface area contributed by atoms with Gasteiger partial charge in [0.1, 0.15) is 5.82 Å². The summed E-state index contributed by atoms with van der Waals surface area (Å²) in [7, 11) is 0. The van der Waals surface area contributed by atoms with E-state index in [1.54, 1.807) is 0 Å². The van der Waals surface area contributed by atoms with Crippen LogP contribution < -0.4 is 4.90 Å². The number of hydrogen-bond acceptors (Lipinski definition) is 2. The van der Waals surface area contributed by atoms with Crippen LogP contribution in [0.3, 0.4) is 0 Å². The minimum atomic E-state index is -1.20. The van der Waals surface area contributed by atoms with Crippen molar-refractivity contribution < 1.29 is 14.3 Å². The van der Waals surface area contributed by atoms with Crippen molar-refractivity contribution in [2.45, 2.75) is 52.0 Å². The van der Waals surface area contributed by atoms with Gasteiger partial charge in [-0.25, -0.2) is 9.18 Å². The van der Waals surface area contributed by atoms with Crippen molar-refractivity contribution in [2.75, 3.05) is 11.4 Å². The molecule has 1 aliphatic heterocycles. The van der Waals surface area contributed by atoms with Crippen LogP contribution >= 0.6 is 0 Å². The number of halogens is 1. The van der Waals surface area contributed by atoms with Crippen molar-refractivity contribution in [1.29, 1.82) is 0 Å². The van der Waals surface area contributed by atoms with E-state index in [9.17, 15) is 9.18 Å². The Morgan fingerprint density at radius 1 is 1.50 bits per heavy atom. The molecule has 3 nitrogen and oxygen atoms in total. The number of aromatic carboxylic acids is 1. The average Bonchev–Trinajstić information content (AvgIpc) is 2.32. The van der Waals surface area contributed by atoms with Gasteiger partial charge < -0.3 is 10.0 Å². The van der Waals surface area contributed by atoms with E-state index >= 15 is 0 Å². The predicted octanol–water partition coefficient (Wildman–Crippen LogP) is 4.03. The van der Waals surface area contributed by atoms with Gasteiger partial charge in [-0.2, -0.15) is 0 Å². The van der Waals surface area contributed by atoms with E-state index in [4.69, 9.17) is 5.11 Å². The summed E-state index contributed by atoms with van der Waals surface area (Å²) in [5, 5.41) is 9.07. The van der Waals surface area contributed by atoms with Crippen LogP contribution in [0.25, 0.3) is 0 Å². The molecule has 0 bridgehead atoms. The summed E-state index contributed by atoms with van der Waals surface area (Å²) >= 11 is 0. The molecule has 0 saturated heterocycles. The molecular formula is C16H22FNO2. The van der Waals surface area contributed by atoms with Gasteiger partial charge in [0.15, 0.2) is 0 Å². The Kier molecular flexibility index (Phi) is 3.76. The second-order valence-electron chi connectivity index (χ2n) is 6.27. The Labute approximate surface area is 119 Å². The summed E-state index contributed by atoms with van der Waals surface area (Å²) in [4.78, 5) is 13.3. The maximum Gasteiger partial charge on any atom is 0.338 e. The van der Waals surface area contributed by atoms with Gasteiger partial charge in [0.25, 0.3) is 0 Å². The van der Waals surface area contributed by atoms with Crippen molar-refractivity contribution in [3.63, 3.8) is 0 Å². The first kappa shape index (κ1) is 14.8.